The Morgan fingerprint density at radius 1 is 1.00 bits per heavy atom. The number of rotatable bonds is 17. The molecule has 3 aliphatic rings. The molecule has 0 radical (unpaired) electrons. The Kier molecular flexibility index (Phi) is 10.6. The van der Waals surface area contributed by atoms with E-state index in [1.807, 2.05) is 7.11 Å². The van der Waals surface area contributed by atoms with Crippen molar-refractivity contribution in [3.8, 4) is 0 Å². The summed E-state index contributed by atoms with van der Waals surface area (Å²) in [6, 6.07) is 0. The maximum Gasteiger partial charge on any atom is 0.129 e. The summed E-state index contributed by atoms with van der Waals surface area (Å²) < 4.78 is 24.8. The van der Waals surface area contributed by atoms with Gasteiger partial charge in [-0.3, -0.25) is 0 Å². The summed E-state index contributed by atoms with van der Waals surface area (Å²) in [5.41, 5.74) is 1.09. The molecule has 5 nitrogen and oxygen atoms in total. The van der Waals surface area contributed by atoms with Crippen LogP contribution in [0.2, 0.25) is 0 Å². The standard InChI is InChI=1S/C29H50O5/c1-22(2)16-17-25-28(4,34-25)27-26(31-5)24(18-19-29(27)21-33-29)32-20-14-12-10-8-6-7-9-11-13-15-23(3)30/h16,24-27H,6-15,17-21H2,1-5H3. The van der Waals surface area contributed by atoms with Crippen LogP contribution in [0, 0.1) is 5.92 Å². The molecule has 3 rings (SSSR count). The molecule has 2 saturated heterocycles. The van der Waals surface area contributed by atoms with Crippen LogP contribution in [0.15, 0.2) is 11.6 Å². The van der Waals surface area contributed by atoms with Crippen molar-refractivity contribution < 1.29 is 23.7 Å². The average Bonchev–Trinajstić information content (AvgIpc) is 3.70. The number of ketones is 1. The molecule has 196 valence electrons. The van der Waals surface area contributed by atoms with Crippen LogP contribution in [0.1, 0.15) is 111 Å². The molecule has 0 bridgehead atoms. The van der Waals surface area contributed by atoms with Crippen molar-refractivity contribution in [1.82, 2.24) is 0 Å². The second-order valence-electron chi connectivity index (χ2n) is 11.4. The van der Waals surface area contributed by atoms with E-state index in [1.54, 1.807) is 6.92 Å². The number of hydrogen-bond acceptors (Lipinski definition) is 5. The van der Waals surface area contributed by atoms with Crippen molar-refractivity contribution in [2.24, 2.45) is 5.92 Å². The molecule has 5 heteroatoms. The van der Waals surface area contributed by atoms with Gasteiger partial charge in [-0.15, -0.1) is 0 Å². The zero-order chi connectivity index (χ0) is 24.6. The second kappa shape index (κ2) is 13.0. The van der Waals surface area contributed by atoms with E-state index in [2.05, 4.69) is 26.8 Å². The summed E-state index contributed by atoms with van der Waals surface area (Å²) in [5, 5.41) is 0. The molecule has 2 heterocycles. The lowest BCUT2D eigenvalue weighted by molar-refractivity contribution is -0.139. The number of hydrogen-bond donors (Lipinski definition) is 0. The van der Waals surface area contributed by atoms with Gasteiger partial charge in [0.1, 0.15) is 11.4 Å². The molecule has 0 aromatic rings. The van der Waals surface area contributed by atoms with E-state index >= 15 is 0 Å². The number of carbonyl (C=O) groups is 1. The van der Waals surface area contributed by atoms with Gasteiger partial charge in [0.2, 0.25) is 0 Å². The van der Waals surface area contributed by atoms with Gasteiger partial charge in [-0.05, 0) is 59.8 Å². The second-order valence-corrected chi connectivity index (χ2v) is 11.4. The summed E-state index contributed by atoms with van der Waals surface area (Å²) in [4.78, 5) is 11.0. The molecule has 34 heavy (non-hydrogen) atoms. The predicted octanol–water partition coefficient (Wildman–Crippen LogP) is 6.57. The topological polar surface area (TPSA) is 60.6 Å². The molecule has 1 saturated carbocycles. The third-order valence-electron chi connectivity index (χ3n) is 8.24. The van der Waals surface area contributed by atoms with Gasteiger partial charge in [-0.2, -0.15) is 0 Å². The van der Waals surface area contributed by atoms with Crippen molar-refractivity contribution >= 4 is 5.78 Å². The SMILES string of the molecule is COC1C(OCCCCCCCCCCCC(C)=O)CCC2(CO2)C1C1(C)OC1CC=C(C)C. The first-order chi connectivity index (χ1) is 16.3. The smallest absolute Gasteiger partial charge is 0.129 e. The Balaban J connectivity index is 1.33. The number of unbranched alkanes of at least 4 members (excludes halogenated alkanes) is 8. The fourth-order valence-electron chi connectivity index (χ4n) is 6.07. The molecule has 1 aliphatic carbocycles. The highest BCUT2D eigenvalue weighted by Crippen LogP contribution is 2.59. The summed E-state index contributed by atoms with van der Waals surface area (Å²) in [7, 11) is 1.83. The number of epoxide rings is 2. The summed E-state index contributed by atoms with van der Waals surface area (Å²) in [6.45, 7) is 9.87. The van der Waals surface area contributed by atoms with Crippen molar-refractivity contribution in [3.05, 3.63) is 11.6 Å². The number of Topliss-reactive ketones (excluding diaryl/α,β-unsaturated/α-hetero) is 1. The normalized spacial score (nSPS) is 34.3. The molecule has 0 aromatic carbocycles. The quantitative estimate of drug-likeness (QED) is 0.134. The number of carbonyl (C=O) groups excluding carboxylic acids is 1. The molecule has 0 aromatic heterocycles. The maximum atomic E-state index is 11.0. The highest BCUT2D eigenvalue weighted by Gasteiger charge is 2.71. The molecule has 2 aliphatic heterocycles. The fourth-order valence-corrected chi connectivity index (χ4v) is 6.07. The summed E-state index contributed by atoms with van der Waals surface area (Å²) >= 11 is 0. The highest BCUT2D eigenvalue weighted by molar-refractivity contribution is 5.75. The minimum absolute atomic E-state index is 0.0287. The first kappa shape index (κ1) is 27.8. The van der Waals surface area contributed by atoms with Crippen LogP contribution in [-0.4, -0.2) is 55.6 Å². The largest absolute Gasteiger partial charge is 0.378 e. The number of allylic oxidation sites excluding steroid dienone is 1. The van der Waals surface area contributed by atoms with E-state index in [1.165, 1.54) is 50.5 Å². The van der Waals surface area contributed by atoms with E-state index in [-0.39, 0.29) is 35.4 Å². The fraction of sp³-hybridized carbons (Fsp3) is 0.897. The zero-order valence-corrected chi connectivity index (χ0v) is 22.5. The van der Waals surface area contributed by atoms with Gasteiger partial charge in [0.05, 0.1) is 36.4 Å². The van der Waals surface area contributed by atoms with Gasteiger partial charge in [0.15, 0.2) is 0 Å². The van der Waals surface area contributed by atoms with Crippen molar-refractivity contribution in [3.63, 3.8) is 0 Å². The minimum Gasteiger partial charge on any atom is -0.378 e. The van der Waals surface area contributed by atoms with Crippen molar-refractivity contribution in [2.75, 3.05) is 20.3 Å². The van der Waals surface area contributed by atoms with E-state index in [0.29, 0.717) is 5.78 Å². The Bertz CT molecular complexity index is 665. The Hall–Kier alpha value is -0.750. The van der Waals surface area contributed by atoms with Crippen LogP contribution in [0.3, 0.4) is 0 Å². The van der Waals surface area contributed by atoms with Gasteiger partial charge in [0, 0.05) is 20.1 Å². The molecule has 0 amide bonds. The average molecular weight is 479 g/mol. The van der Waals surface area contributed by atoms with Crippen molar-refractivity contribution in [2.45, 2.75) is 141 Å². The first-order valence-corrected chi connectivity index (χ1v) is 13.9. The van der Waals surface area contributed by atoms with Gasteiger partial charge in [-0.1, -0.05) is 56.6 Å². The number of methoxy groups -OCH3 is 1. The zero-order valence-electron chi connectivity index (χ0n) is 22.5. The van der Waals surface area contributed by atoms with Gasteiger partial charge >= 0.3 is 0 Å². The van der Waals surface area contributed by atoms with E-state index in [4.69, 9.17) is 18.9 Å². The van der Waals surface area contributed by atoms with E-state index < -0.39 is 0 Å². The lowest BCUT2D eigenvalue weighted by Gasteiger charge is -2.43. The van der Waals surface area contributed by atoms with Gasteiger partial charge in [-0.25, -0.2) is 0 Å². The Labute approximate surface area is 208 Å². The van der Waals surface area contributed by atoms with Crippen LogP contribution in [0.5, 0.6) is 0 Å². The first-order valence-electron chi connectivity index (χ1n) is 13.9. The summed E-state index contributed by atoms with van der Waals surface area (Å²) in [5.74, 6) is 0.552. The van der Waals surface area contributed by atoms with Gasteiger partial charge < -0.3 is 23.7 Å². The number of ether oxygens (including phenoxy) is 4. The molecular weight excluding hydrogens is 428 g/mol. The molecule has 3 fully saturated rings. The Morgan fingerprint density at radius 2 is 1.62 bits per heavy atom. The monoisotopic (exact) mass is 478 g/mol. The van der Waals surface area contributed by atoms with Gasteiger partial charge in [0.25, 0.3) is 0 Å². The molecule has 1 spiro atoms. The third kappa shape index (κ3) is 7.62. The maximum absolute atomic E-state index is 11.0. The minimum atomic E-state index is -0.183. The highest BCUT2D eigenvalue weighted by atomic mass is 16.6. The van der Waals surface area contributed by atoms with Crippen LogP contribution in [0.25, 0.3) is 0 Å². The van der Waals surface area contributed by atoms with Crippen LogP contribution >= 0.6 is 0 Å². The van der Waals surface area contributed by atoms with Crippen LogP contribution in [-0.2, 0) is 23.7 Å². The lowest BCUT2D eigenvalue weighted by Crippen LogP contribution is -2.55. The molecule has 0 N–H and O–H groups in total. The van der Waals surface area contributed by atoms with Crippen LogP contribution in [0.4, 0.5) is 0 Å². The predicted molar refractivity (Wildman–Crippen MR) is 136 cm³/mol. The Morgan fingerprint density at radius 3 is 2.18 bits per heavy atom. The lowest BCUT2D eigenvalue weighted by atomic mass is 9.68. The summed E-state index contributed by atoms with van der Waals surface area (Å²) in [6.07, 6.45) is 17.5. The van der Waals surface area contributed by atoms with Crippen LogP contribution < -0.4 is 0 Å². The van der Waals surface area contributed by atoms with E-state index in [9.17, 15) is 4.79 Å². The molecule has 6 atom stereocenters. The molecule has 6 unspecified atom stereocenters. The molecular formula is C29H50O5. The van der Waals surface area contributed by atoms with Crippen molar-refractivity contribution in [1.29, 1.82) is 0 Å². The third-order valence-corrected chi connectivity index (χ3v) is 8.24. The van der Waals surface area contributed by atoms with E-state index in [0.717, 1.165) is 51.7 Å².